The van der Waals surface area contributed by atoms with Crippen molar-refractivity contribution in [3.8, 4) is 0 Å². The molecule has 0 spiro atoms. The van der Waals surface area contributed by atoms with Crippen molar-refractivity contribution in [1.29, 1.82) is 0 Å². The van der Waals surface area contributed by atoms with Crippen LogP contribution in [0, 0.1) is 0 Å². The van der Waals surface area contributed by atoms with Crippen LogP contribution in [0.25, 0.3) is 0 Å². The zero-order chi connectivity index (χ0) is 6.85. The van der Waals surface area contributed by atoms with Gasteiger partial charge in [0.1, 0.15) is 0 Å². The van der Waals surface area contributed by atoms with Gasteiger partial charge >= 0.3 is 0 Å². The predicted molar refractivity (Wildman–Crippen MR) is 35.3 cm³/mol. The summed E-state index contributed by atoms with van der Waals surface area (Å²) in [5, 5.41) is 0. The minimum absolute atomic E-state index is 0.287. The fourth-order valence-corrected chi connectivity index (χ4v) is 0.449. The average molecular weight is 109 g/mol. The van der Waals surface area contributed by atoms with Crippen molar-refractivity contribution in [2.24, 2.45) is 0 Å². The van der Waals surface area contributed by atoms with E-state index in [-0.39, 0.29) is 6.04 Å². The molecule has 0 aliphatic rings. The molecule has 0 saturated carbocycles. The van der Waals surface area contributed by atoms with E-state index in [4.69, 9.17) is 12.8 Å². The van der Waals surface area contributed by atoms with Crippen LogP contribution in [0.15, 0.2) is 24.2 Å². The fourth-order valence-electron chi connectivity index (χ4n) is 0.449. The summed E-state index contributed by atoms with van der Waals surface area (Å²) in [5.74, 6) is 0. The van der Waals surface area contributed by atoms with Gasteiger partial charge in [0.25, 0.3) is 0 Å². The summed E-state index contributed by atoms with van der Waals surface area (Å²) >= 11 is 0. The molecule has 0 aliphatic carbocycles. The molecule has 0 bridgehead atoms. The molecule has 0 aliphatic heterocycles. The maximum absolute atomic E-state index is 7.16. The van der Waals surface area contributed by atoms with Gasteiger partial charge in [-0.1, -0.05) is 0 Å². The van der Waals surface area contributed by atoms with Crippen LogP contribution in [0.5, 0.6) is 0 Å². The first-order valence-electron chi connectivity index (χ1n) is 2.82. The molecule has 0 aromatic heterocycles. The zero-order valence-electron chi connectivity index (χ0n) is 5.39. The van der Waals surface area contributed by atoms with Gasteiger partial charge in [0, 0.05) is 11.4 Å². The molecule has 0 heterocycles. The molecule has 4 N–H and O–H groups in total. The summed E-state index contributed by atoms with van der Waals surface area (Å²) in [7, 11) is 0. The maximum atomic E-state index is 7.16. The van der Waals surface area contributed by atoms with E-state index in [0.29, 0.717) is 11.4 Å². The van der Waals surface area contributed by atoms with E-state index >= 15 is 0 Å². The van der Waals surface area contributed by atoms with Crippen LogP contribution in [-0.4, -0.2) is 0 Å². The Morgan fingerprint density at radius 1 is 1.12 bits per heavy atom. The van der Waals surface area contributed by atoms with Crippen LogP contribution in [-0.2, 0) is 0 Å². The standard InChI is InChI=1S/C6H8N2/c7-5-1-2-6(8)4-3-5/h1-4H,7-8H2/i1D. The van der Waals surface area contributed by atoms with Crippen molar-refractivity contribution < 1.29 is 1.37 Å². The van der Waals surface area contributed by atoms with E-state index in [1.54, 1.807) is 12.1 Å². The number of nitrogens with two attached hydrogens (primary N) is 2. The number of nitrogen functional groups attached to an aromatic ring is 2. The summed E-state index contributed by atoms with van der Waals surface area (Å²) < 4.78 is 7.16. The van der Waals surface area contributed by atoms with Gasteiger partial charge in [-0.05, 0) is 24.2 Å². The molecule has 0 fully saturated rings. The van der Waals surface area contributed by atoms with Crippen LogP contribution >= 0.6 is 0 Å². The molecule has 8 heavy (non-hydrogen) atoms. The van der Waals surface area contributed by atoms with E-state index in [0.717, 1.165) is 0 Å². The third kappa shape index (κ3) is 0.904. The summed E-state index contributed by atoms with van der Waals surface area (Å²) in [6.07, 6.45) is 0. The van der Waals surface area contributed by atoms with E-state index in [9.17, 15) is 0 Å². The first kappa shape index (κ1) is 3.78. The molecule has 2 heteroatoms. The molecule has 1 rings (SSSR count). The molecule has 1 aromatic rings. The number of anilines is 2. The Bertz CT molecular complexity index is 222. The van der Waals surface area contributed by atoms with Crippen LogP contribution in [0.4, 0.5) is 11.4 Å². The lowest BCUT2D eigenvalue weighted by molar-refractivity contribution is 1.67. The van der Waals surface area contributed by atoms with E-state index < -0.39 is 0 Å². The molecule has 42 valence electrons. The van der Waals surface area contributed by atoms with Crippen molar-refractivity contribution in [2.75, 3.05) is 11.5 Å². The average Bonchev–Trinajstić information content (AvgIpc) is 1.80. The molecule has 0 saturated heterocycles. The summed E-state index contributed by atoms with van der Waals surface area (Å²) in [6.45, 7) is 0. The molecular formula is C6H8N2. The molecule has 0 amide bonds. The normalized spacial score (nSPS) is 10.8. The lowest BCUT2D eigenvalue weighted by Gasteiger charge is -1.90. The highest BCUT2D eigenvalue weighted by Gasteiger charge is 1.80. The van der Waals surface area contributed by atoms with Gasteiger partial charge in [-0.15, -0.1) is 0 Å². The highest BCUT2D eigenvalue weighted by Crippen LogP contribution is 2.04. The number of hydrogen-bond donors (Lipinski definition) is 2. The van der Waals surface area contributed by atoms with Gasteiger partial charge < -0.3 is 11.5 Å². The Kier molecular flexibility index (Phi) is 0.821. The fraction of sp³-hybridized carbons (Fsp3) is 0. The lowest BCUT2D eigenvalue weighted by Crippen LogP contribution is -1.86. The summed E-state index contributed by atoms with van der Waals surface area (Å²) in [4.78, 5) is 0. The Morgan fingerprint density at radius 3 is 2.25 bits per heavy atom. The molecule has 0 atom stereocenters. The van der Waals surface area contributed by atoms with E-state index in [1.807, 2.05) is 0 Å². The van der Waals surface area contributed by atoms with Crippen LogP contribution in [0.1, 0.15) is 1.37 Å². The number of benzene rings is 1. The second-order valence-electron chi connectivity index (χ2n) is 1.58. The third-order valence-corrected chi connectivity index (χ3v) is 0.861. The third-order valence-electron chi connectivity index (χ3n) is 0.861. The van der Waals surface area contributed by atoms with Gasteiger partial charge in [-0.25, -0.2) is 0 Å². The second kappa shape index (κ2) is 1.74. The first-order valence-corrected chi connectivity index (χ1v) is 2.32. The summed E-state index contributed by atoms with van der Waals surface area (Å²) in [5.41, 5.74) is 11.7. The zero-order valence-corrected chi connectivity index (χ0v) is 4.39. The minimum Gasteiger partial charge on any atom is -0.399 e. The SMILES string of the molecule is [2H]c1cc(N)ccc1N. The van der Waals surface area contributed by atoms with Crippen molar-refractivity contribution in [2.45, 2.75) is 0 Å². The Labute approximate surface area is 49.5 Å². The smallest absolute Gasteiger partial charge is 0.0645 e. The second-order valence-corrected chi connectivity index (χ2v) is 1.58. The highest BCUT2D eigenvalue weighted by atomic mass is 14.6. The van der Waals surface area contributed by atoms with Crippen LogP contribution in [0.3, 0.4) is 0 Å². The van der Waals surface area contributed by atoms with Gasteiger partial charge in [0.05, 0.1) is 1.37 Å². The minimum atomic E-state index is 0.287. The van der Waals surface area contributed by atoms with Gasteiger partial charge in [0.2, 0.25) is 0 Å². The van der Waals surface area contributed by atoms with E-state index in [2.05, 4.69) is 0 Å². The first-order chi connectivity index (χ1) is 4.20. The topological polar surface area (TPSA) is 52.0 Å². The lowest BCUT2D eigenvalue weighted by atomic mass is 10.3. The van der Waals surface area contributed by atoms with Gasteiger partial charge in [0.15, 0.2) is 0 Å². The van der Waals surface area contributed by atoms with Crippen molar-refractivity contribution in [3.05, 3.63) is 24.2 Å². The highest BCUT2D eigenvalue weighted by molar-refractivity contribution is 5.47. The van der Waals surface area contributed by atoms with Crippen LogP contribution in [0.2, 0.25) is 0 Å². The largest absolute Gasteiger partial charge is 0.399 e. The molecule has 0 radical (unpaired) electrons. The Morgan fingerprint density at radius 2 is 1.75 bits per heavy atom. The van der Waals surface area contributed by atoms with Gasteiger partial charge in [-0.2, -0.15) is 0 Å². The Balaban J connectivity index is 3.17. The van der Waals surface area contributed by atoms with Crippen LogP contribution < -0.4 is 11.5 Å². The Hall–Kier alpha value is -1.18. The quantitative estimate of drug-likeness (QED) is 0.485. The maximum Gasteiger partial charge on any atom is 0.0645 e. The predicted octanol–water partition coefficient (Wildman–Crippen LogP) is 0.851. The summed E-state index contributed by atoms with van der Waals surface area (Å²) in [6, 6.07) is 5.11. The number of rotatable bonds is 0. The molecular weight excluding hydrogens is 100 g/mol. The van der Waals surface area contributed by atoms with Crippen molar-refractivity contribution in [3.63, 3.8) is 0 Å². The number of hydrogen-bond acceptors (Lipinski definition) is 2. The van der Waals surface area contributed by atoms with Crippen molar-refractivity contribution in [1.82, 2.24) is 0 Å². The molecule has 1 aromatic carbocycles. The molecule has 2 nitrogen and oxygen atoms in total. The van der Waals surface area contributed by atoms with Crippen molar-refractivity contribution >= 4 is 11.4 Å². The van der Waals surface area contributed by atoms with E-state index in [1.165, 1.54) is 6.07 Å². The van der Waals surface area contributed by atoms with Gasteiger partial charge in [-0.3, -0.25) is 0 Å². The monoisotopic (exact) mass is 109 g/mol. The molecule has 0 unspecified atom stereocenters.